The highest BCUT2D eigenvalue weighted by Gasteiger charge is 2.29. The lowest BCUT2D eigenvalue weighted by Crippen LogP contribution is -2.09. The van der Waals surface area contributed by atoms with Gasteiger partial charge in [-0.2, -0.15) is 0 Å². The molecule has 0 spiro atoms. The third kappa shape index (κ3) is 2.21. The number of ether oxygens (including phenoxy) is 1. The van der Waals surface area contributed by atoms with Gasteiger partial charge in [-0.3, -0.25) is 9.78 Å². The quantitative estimate of drug-likeness (QED) is 0.777. The molecule has 1 fully saturated rings. The van der Waals surface area contributed by atoms with E-state index in [-0.39, 0.29) is 11.2 Å². The molecule has 6 nitrogen and oxygen atoms in total. The average molecular weight is 263 g/mol. The lowest BCUT2D eigenvalue weighted by Gasteiger charge is -1.99. The monoisotopic (exact) mass is 263 g/mol. The topological polar surface area (TPSA) is 78.1 Å². The van der Waals surface area contributed by atoms with Gasteiger partial charge in [0, 0.05) is 18.8 Å². The van der Waals surface area contributed by atoms with E-state index >= 15 is 0 Å². The molecule has 0 radical (unpaired) electrons. The summed E-state index contributed by atoms with van der Waals surface area (Å²) in [4.78, 5) is 15.3. The normalized spacial score (nSPS) is 18.9. The van der Waals surface area contributed by atoms with Crippen LogP contribution in [0.4, 0.5) is 0 Å². The maximum absolute atomic E-state index is 11.3. The number of rotatable bonds is 3. The average Bonchev–Trinajstić information content (AvgIpc) is 3.02. The van der Waals surface area contributed by atoms with Crippen molar-refractivity contribution >= 4 is 17.7 Å². The number of carbonyl (C=O) groups excluding carboxylic acids is 1. The molecule has 0 bridgehead atoms. The molecule has 1 atom stereocenters. The maximum atomic E-state index is 11.3. The molecule has 0 amide bonds. The lowest BCUT2D eigenvalue weighted by molar-refractivity contribution is -0.137. The largest absolute Gasteiger partial charge is 0.465 e. The SMILES string of the molecule is O=C1OCCC1Sc1nnc(-c2cccnc2)o1. The summed E-state index contributed by atoms with van der Waals surface area (Å²) in [5, 5.41) is 7.95. The number of carbonyl (C=O) groups is 1. The van der Waals surface area contributed by atoms with Gasteiger partial charge in [0.25, 0.3) is 5.22 Å². The Bertz CT molecular complexity index is 558. The molecule has 1 aliphatic heterocycles. The van der Waals surface area contributed by atoms with E-state index in [1.54, 1.807) is 18.5 Å². The molecule has 18 heavy (non-hydrogen) atoms. The molecule has 3 heterocycles. The molecule has 0 N–H and O–H groups in total. The second kappa shape index (κ2) is 4.77. The van der Waals surface area contributed by atoms with Gasteiger partial charge in [0.15, 0.2) is 0 Å². The molecule has 2 aromatic rings. The van der Waals surface area contributed by atoms with Crippen molar-refractivity contribution in [1.29, 1.82) is 0 Å². The fourth-order valence-electron chi connectivity index (χ4n) is 1.57. The van der Waals surface area contributed by atoms with Crippen molar-refractivity contribution in [3.05, 3.63) is 24.5 Å². The number of esters is 1. The van der Waals surface area contributed by atoms with Gasteiger partial charge in [-0.15, -0.1) is 10.2 Å². The molecule has 3 rings (SSSR count). The van der Waals surface area contributed by atoms with Crippen LogP contribution in [0.25, 0.3) is 11.5 Å². The van der Waals surface area contributed by atoms with E-state index in [1.165, 1.54) is 11.8 Å². The summed E-state index contributed by atoms with van der Waals surface area (Å²) in [5.41, 5.74) is 0.755. The Morgan fingerprint density at radius 3 is 3.06 bits per heavy atom. The summed E-state index contributed by atoms with van der Waals surface area (Å²) in [5.74, 6) is 0.179. The van der Waals surface area contributed by atoms with Gasteiger partial charge in [-0.1, -0.05) is 0 Å². The highest BCUT2D eigenvalue weighted by Crippen LogP contribution is 2.30. The minimum atomic E-state index is -0.243. The second-order valence-electron chi connectivity index (χ2n) is 3.68. The van der Waals surface area contributed by atoms with Crippen molar-refractivity contribution in [1.82, 2.24) is 15.2 Å². The van der Waals surface area contributed by atoms with Crippen LogP contribution in [0, 0.1) is 0 Å². The molecule has 0 aliphatic carbocycles. The second-order valence-corrected chi connectivity index (χ2v) is 4.83. The van der Waals surface area contributed by atoms with E-state index in [0.717, 1.165) is 5.56 Å². The van der Waals surface area contributed by atoms with E-state index in [4.69, 9.17) is 9.15 Å². The Morgan fingerprint density at radius 1 is 1.39 bits per heavy atom. The first kappa shape index (κ1) is 11.2. The summed E-state index contributed by atoms with van der Waals surface area (Å²) in [6.07, 6.45) is 3.99. The summed E-state index contributed by atoms with van der Waals surface area (Å²) >= 11 is 1.24. The zero-order chi connectivity index (χ0) is 12.4. The Balaban J connectivity index is 1.76. The van der Waals surface area contributed by atoms with Crippen molar-refractivity contribution in [3.8, 4) is 11.5 Å². The van der Waals surface area contributed by atoms with Crippen LogP contribution in [-0.2, 0) is 9.53 Å². The summed E-state index contributed by atoms with van der Waals surface area (Å²) in [6.45, 7) is 0.458. The van der Waals surface area contributed by atoms with Crippen LogP contribution in [0.15, 0.2) is 34.2 Å². The minimum Gasteiger partial charge on any atom is -0.465 e. The third-order valence-electron chi connectivity index (χ3n) is 2.45. The smallest absolute Gasteiger partial charge is 0.319 e. The van der Waals surface area contributed by atoms with Crippen molar-refractivity contribution in [2.45, 2.75) is 16.9 Å². The van der Waals surface area contributed by atoms with Crippen molar-refractivity contribution in [3.63, 3.8) is 0 Å². The molecule has 1 aliphatic rings. The zero-order valence-electron chi connectivity index (χ0n) is 9.28. The molecule has 2 aromatic heterocycles. The minimum absolute atomic E-state index is 0.221. The van der Waals surface area contributed by atoms with Gasteiger partial charge in [0.05, 0.1) is 12.2 Å². The van der Waals surface area contributed by atoms with E-state index in [1.807, 2.05) is 6.07 Å². The Kier molecular flexibility index (Phi) is 2.97. The molecule has 7 heteroatoms. The number of hydrogen-bond acceptors (Lipinski definition) is 7. The van der Waals surface area contributed by atoms with Gasteiger partial charge in [-0.25, -0.2) is 0 Å². The first-order chi connectivity index (χ1) is 8.83. The van der Waals surface area contributed by atoms with E-state index in [0.29, 0.717) is 24.1 Å². The highest BCUT2D eigenvalue weighted by molar-refractivity contribution is 8.00. The van der Waals surface area contributed by atoms with Crippen LogP contribution in [0.3, 0.4) is 0 Å². The van der Waals surface area contributed by atoms with Gasteiger partial charge in [0.1, 0.15) is 5.25 Å². The number of nitrogens with zero attached hydrogens (tertiary/aromatic N) is 3. The van der Waals surface area contributed by atoms with Crippen molar-refractivity contribution in [2.75, 3.05) is 6.61 Å². The van der Waals surface area contributed by atoms with Crippen molar-refractivity contribution < 1.29 is 13.9 Å². The van der Waals surface area contributed by atoms with E-state index < -0.39 is 0 Å². The number of hydrogen-bond donors (Lipinski definition) is 0. The number of thioether (sulfide) groups is 1. The molecule has 1 unspecified atom stereocenters. The number of cyclic esters (lactones) is 1. The lowest BCUT2D eigenvalue weighted by atomic mass is 10.3. The summed E-state index contributed by atoms with van der Waals surface area (Å²) in [7, 11) is 0. The molecular weight excluding hydrogens is 254 g/mol. The molecule has 0 saturated carbocycles. The maximum Gasteiger partial charge on any atom is 0.319 e. The highest BCUT2D eigenvalue weighted by atomic mass is 32.2. The summed E-state index contributed by atoms with van der Waals surface area (Å²) < 4.78 is 10.3. The first-order valence-corrected chi connectivity index (χ1v) is 6.28. The van der Waals surface area contributed by atoms with Crippen LogP contribution in [-0.4, -0.2) is 33.0 Å². The van der Waals surface area contributed by atoms with E-state index in [9.17, 15) is 4.79 Å². The van der Waals surface area contributed by atoms with Crippen LogP contribution in [0.1, 0.15) is 6.42 Å². The van der Waals surface area contributed by atoms with Gasteiger partial charge in [-0.05, 0) is 23.9 Å². The Morgan fingerprint density at radius 2 is 2.33 bits per heavy atom. The van der Waals surface area contributed by atoms with Crippen LogP contribution in [0.5, 0.6) is 0 Å². The third-order valence-corrected chi connectivity index (χ3v) is 3.52. The fourth-order valence-corrected chi connectivity index (χ4v) is 2.41. The predicted octanol–water partition coefficient (Wildman–Crippen LogP) is 1.54. The molecular formula is C11H9N3O3S. The van der Waals surface area contributed by atoms with Crippen LogP contribution in [0.2, 0.25) is 0 Å². The van der Waals surface area contributed by atoms with Gasteiger partial charge >= 0.3 is 5.97 Å². The van der Waals surface area contributed by atoms with Gasteiger partial charge < -0.3 is 9.15 Å². The molecule has 92 valence electrons. The first-order valence-electron chi connectivity index (χ1n) is 5.40. The standard InChI is InChI=1S/C11H9N3O3S/c15-10-8(3-5-16-10)18-11-14-13-9(17-11)7-2-1-4-12-6-7/h1-2,4,6,8H,3,5H2. The Hall–Kier alpha value is -1.89. The van der Waals surface area contributed by atoms with Crippen LogP contribution >= 0.6 is 11.8 Å². The zero-order valence-corrected chi connectivity index (χ0v) is 10.1. The predicted molar refractivity (Wildman–Crippen MR) is 62.8 cm³/mol. The molecule has 1 saturated heterocycles. The van der Waals surface area contributed by atoms with Crippen molar-refractivity contribution in [2.24, 2.45) is 0 Å². The summed E-state index contributed by atoms with van der Waals surface area (Å²) in [6, 6.07) is 3.62. The van der Waals surface area contributed by atoms with Gasteiger partial charge in [0.2, 0.25) is 5.89 Å². The fraction of sp³-hybridized carbons (Fsp3) is 0.273. The Labute approximate surface area is 107 Å². The van der Waals surface area contributed by atoms with Crippen LogP contribution < -0.4 is 0 Å². The number of aromatic nitrogens is 3. The molecule has 0 aromatic carbocycles. The number of pyridine rings is 1. The van der Waals surface area contributed by atoms with E-state index in [2.05, 4.69) is 15.2 Å².